The van der Waals surface area contributed by atoms with Crippen LogP contribution in [0.2, 0.25) is 0 Å². The third kappa shape index (κ3) is 1.86. The van der Waals surface area contributed by atoms with E-state index in [0.717, 1.165) is 5.52 Å². The van der Waals surface area contributed by atoms with Gasteiger partial charge in [-0.25, -0.2) is 4.98 Å². The van der Waals surface area contributed by atoms with Gasteiger partial charge in [0.15, 0.2) is 0 Å². The van der Waals surface area contributed by atoms with Gasteiger partial charge in [-0.3, -0.25) is 4.79 Å². The normalized spacial score (nSPS) is 20.2. The minimum absolute atomic E-state index is 0.0679. The van der Waals surface area contributed by atoms with Crippen LogP contribution in [-0.4, -0.2) is 16.0 Å². The van der Waals surface area contributed by atoms with Crippen LogP contribution in [0, 0.1) is 10.8 Å². The fourth-order valence-corrected chi connectivity index (χ4v) is 3.12. The highest BCUT2D eigenvalue weighted by Crippen LogP contribution is 2.62. The van der Waals surface area contributed by atoms with Crippen molar-refractivity contribution in [1.29, 1.82) is 0 Å². The van der Waals surface area contributed by atoms with Crippen molar-refractivity contribution in [3.63, 3.8) is 0 Å². The second-order valence-corrected chi connectivity index (χ2v) is 6.79. The van der Waals surface area contributed by atoms with Crippen LogP contribution in [0.1, 0.15) is 33.5 Å². The quantitative estimate of drug-likeness (QED) is 0.901. The summed E-state index contributed by atoms with van der Waals surface area (Å²) in [4.78, 5) is 19.4. The molecule has 0 spiro atoms. The zero-order chi connectivity index (χ0) is 14.5. The Labute approximate surface area is 118 Å². The average Bonchev–Trinajstić information content (AvgIpc) is 2.77. The number of aromatic nitrogens is 2. The van der Waals surface area contributed by atoms with E-state index < -0.39 is 0 Å². The largest absolute Gasteiger partial charge is 0.309 e. The van der Waals surface area contributed by atoms with E-state index in [4.69, 9.17) is 0 Å². The van der Waals surface area contributed by atoms with E-state index in [1.165, 1.54) is 0 Å². The smallest absolute Gasteiger partial charge is 0.258 e. The molecule has 3 rings (SSSR count). The lowest BCUT2D eigenvalue weighted by Gasteiger charge is -2.06. The number of rotatable bonds is 3. The number of H-pyrrole nitrogens is 1. The van der Waals surface area contributed by atoms with Crippen LogP contribution in [0.4, 0.5) is 0 Å². The van der Waals surface area contributed by atoms with Gasteiger partial charge in [-0.15, -0.1) is 0 Å². The van der Waals surface area contributed by atoms with Crippen molar-refractivity contribution in [2.45, 2.75) is 40.3 Å². The number of fused-ring (bicyclic) bond motifs is 1. The lowest BCUT2D eigenvalue weighted by molar-refractivity contribution is 0.457. The van der Waals surface area contributed by atoms with Gasteiger partial charge < -0.3 is 10.3 Å². The van der Waals surface area contributed by atoms with Gasteiger partial charge in [-0.05, 0) is 23.0 Å². The predicted octanol–water partition coefficient (Wildman–Crippen LogP) is 2.45. The standard InChI is InChI=1S/C16H21N3O/c1-15(2)14(16(15,3)4)17-9-12-18-11-8-6-5-7-10(11)13(20)19-12/h5-8,14,17H,9H2,1-4H3,(H,18,19,20). The summed E-state index contributed by atoms with van der Waals surface area (Å²) >= 11 is 0. The number of aromatic amines is 1. The Hall–Kier alpha value is -1.68. The number of nitrogens with zero attached hydrogens (tertiary/aromatic N) is 1. The molecule has 106 valence electrons. The van der Waals surface area contributed by atoms with Crippen molar-refractivity contribution in [2.24, 2.45) is 10.8 Å². The maximum Gasteiger partial charge on any atom is 0.258 e. The first-order chi connectivity index (χ1) is 9.34. The Bertz CT molecular complexity index is 701. The van der Waals surface area contributed by atoms with Crippen LogP contribution in [0.15, 0.2) is 29.1 Å². The van der Waals surface area contributed by atoms with Crippen LogP contribution < -0.4 is 10.9 Å². The predicted molar refractivity (Wildman–Crippen MR) is 80.6 cm³/mol. The lowest BCUT2D eigenvalue weighted by Crippen LogP contribution is -2.24. The molecule has 2 aromatic rings. The van der Waals surface area contributed by atoms with Gasteiger partial charge in [0.2, 0.25) is 0 Å². The van der Waals surface area contributed by atoms with E-state index >= 15 is 0 Å². The molecule has 1 aromatic carbocycles. The summed E-state index contributed by atoms with van der Waals surface area (Å²) in [6, 6.07) is 7.88. The molecule has 0 radical (unpaired) electrons. The van der Waals surface area contributed by atoms with Gasteiger partial charge in [0.1, 0.15) is 5.82 Å². The Kier molecular flexibility index (Phi) is 2.77. The molecule has 0 atom stereocenters. The average molecular weight is 271 g/mol. The number of para-hydroxylation sites is 1. The third-order valence-corrected chi connectivity index (χ3v) is 5.16. The second kappa shape index (κ2) is 4.16. The minimum Gasteiger partial charge on any atom is -0.309 e. The van der Waals surface area contributed by atoms with Gasteiger partial charge in [0.05, 0.1) is 17.4 Å². The Morgan fingerprint density at radius 3 is 2.50 bits per heavy atom. The fraction of sp³-hybridized carbons (Fsp3) is 0.500. The SMILES string of the molecule is CC1(C)C(NCc2nc3ccccc3c(=O)[nH]2)C1(C)C. The van der Waals surface area contributed by atoms with E-state index in [1.54, 1.807) is 6.07 Å². The lowest BCUT2D eigenvalue weighted by atomic mass is 10.0. The zero-order valence-corrected chi connectivity index (χ0v) is 12.4. The molecular formula is C16H21N3O. The van der Waals surface area contributed by atoms with E-state index in [9.17, 15) is 4.79 Å². The summed E-state index contributed by atoms with van der Waals surface area (Å²) in [5, 5.41) is 4.15. The molecule has 0 amide bonds. The van der Waals surface area contributed by atoms with Crippen molar-refractivity contribution >= 4 is 10.9 Å². The van der Waals surface area contributed by atoms with Crippen LogP contribution in [-0.2, 0) is 6.54 Å². The van der Waals surface area contributed by atoms with Crippen molar-refractivity contribution in [1.82, 2.24) is 15.3 Å². The first-order valence-electron chi connectivity index (χ1n) is 7.05. The van der Waals surface area contributed by atoms with Gasteiger partial charge in [0, 0.05) is 6.04 Å². The zero-order valence-electron chi connectivity index (χ0n) is 12.4. The molecule has 0 unspecified atom stereocenters. The molecule has 0 bridgehead atoms. The molecule has 4 nitrogen and oxygen atoms in total. The van der Waals surface area contributed by atoms with Gasteiger partial charge in [-0.1, -0.05) is 39.8 Å². The minimum atomic E-state index is -0.0679. The monoisotopic (exact) mass is 271 g/mol. The van der Waals surface area contributed by atoms with Gasteiger partial charge in [0.25, 0.3) is 5.56 Å². The van der Waals surface area contributed by atoms with Crippen molar-refractivity contribution in [3.05, 3.63) is 40.4 Å². The topological polar surface area (TPSA) is 57.8 Å². The molecule has 1 saturated carbocycles. The van der Waals surface area contributed by atoms with Crippen molar-refractivity contribution in [3.8, 4) is 0 Å². The van der Waals surface area contributed by atoms with Crippen LogP contribution in [0.5, 0.6) is 0 Å². The van der Waals surface area contributed by atoms with Crippen molar-refractivity contribution < 1.29 is 0 Å². The molecule has 1 fully saturated rings. The molecule has 0 saturated heterocycles. The second-order valence-electron chi connectivity index (χ2n) is 6.79. The Morgan fingerprint density at radius 1 is 1.20 bits per heavy atom. The summed E-state index contributed by atoms with van der Waals surface area (Å²) in [6.45, 7) is 9.66. The number of hydrogen-bond donors (Lipinski definition) is 2. The summed E-state index contributed by atoms with van der Waals surface area (Å²) in [5.74, 6) is 0.701. The van der Waals surface area contributed by atoms with Crippen LogP contribution in [0.3, 0.4) is 0 Å². The number of benzene rings is 1. The molecule has 1 aliphatic carbocycles. The molecule has 2 N–H and O–H groups in total. The highest BCUT2D eigenvalue weighted by molar-refractivity contribution is 5.77. The molecule has 1 heterocycles. The molecule has 4 heteroatoms. The first kappa shape index (κ1) is 13.3. The third-order valence-electron chi connectivity index (χ3n) is 5.16. The van der Waals surface area contributed by atoms with Gasteiger partial charge in [-0.2, -0.15) is 0 Å². The highest BCUT2D eigenvalue weighted by atomic mass is 16.1. The fourth-order valence-electron chi connectivity index (χ4n) is 3.12. The van der Waals surface area contributed by atoms with E-state index in [-0.39, 0.29) is 16.4 Å². The Balaban J connectivity index is 1.81. The molecule has 0 aliphatic heterocycles. The van der Waals surface area contributed by atoms with Crippen LogP contribution in [0.25, 0.3) is 10.9 Å². The highest BCUT2D eigenvalue weighted by Gasteiger charge is 2.64. The van der Waals surface area contributed by atoms with E-state index in [1.807, 2.05) is 18.2 Å². The molecule has 1 aliphatic rings. The molecular weight excluding hydrogens is 250 g/mol. The Morgan fingerprint density at radius 2 is 1.85 bits per heavy atom. The van der Waals surface area contributed by atoms with Crippen molar-refractivity contribution in [2.75, 3.05) is 0 Å². The van der Waals surface area contributed by atoms with E-state index in [0.29, 0.717) is 23.8 Å². The summed E-state index contributed by atoms with van der Waals surface area (Å²) in [7, 11) is 0. The maximum atomic E-state index is 12.0. The summed E-state index contributed by atoms with van der Waals surface area (Å²) in [5.41, 5.74) is 1.25. The number of hydrogen-bond acceptors (Lipinski definition) is 3. The summed E-state index contributed by atoms with van der Waals surface area (Å²) in [6.07, 6.45) is 0. The van der Waals surface area contributed by atoms with Crippen LogP contribution >= 0.6 is 0 Å². The first-order valence-corrected chi connectivity index (χ1v) is 7.05. The molecule has 20 heavy (non-hydrogen) atoms. The van der Waals surface area contributed by atoms with Gasteiger partial charge >= 0.3 is 0 Å². The maximum absolute atomic E-state index is 12.0. The summed E-state index contributed by atoms with van der Waals surface area (Å²) < 4.78 is 0. The molecule has 1 aromatic heterocycles. The van der Waals surface area contributed by atoms with E-state index in [2.05, 4.69) is 43.0 Å². The number of nitrogens with one attached hydrogen (secondary N) is 2.